The largest absolute Gasteiger partial charge is 0.383 e. The van der Waals surface area contributed by atoms with E-state index in [1.54, 1.807) is 0 Å². The number of hydrogen-bond donors (Lipinski definition) is 1. The number of carbonyl (C=O) groups is 1. The highest BCUT2D eigenvalue weighted by Crippen LogP contribution is 2.26. The van der Waals surface area contributed by atoms with Gasteiger partial charge in [-0.15, -0.1) is 0 Å². The van der Waals surface area contributed by atoms with Crippen molar-refractivity contribution in [3.63, 3.8) is 0 Å². The number of nitrogens with zero attached hydrogens (tertiary/aromatic N) is 2. The van der Waals surface area contributed by atoms with Crippen LogP contribution >= 0.6 is 0 Å². The van der Waals surface area contributed by atoms with Gasteiger partial charge in [0.25, 0.3) is 5.91 Å². The van der Waals surface area contributed by atoms with Crippen molar-refractivity contribution in [1.82, 2.24) is 9.80 Å². The highest BCUT2D eigenvalue weighted by Gasteiger charge is 2.51. The zero-order chi connectivity index (χ0) is 15.3. The summed E-state index contributed by atoms with van der Waals surface area (Å²) in [6, 6.07) is 0. The van der Waals surface area contributed by atoms with Crippen LogP contribution in [0.15, 0.2) is 0 Å². The maximum absolute atomic E-state index is 13.0. The van der Waals surface area contributed by atoms with Crippen LogP contribution in [0.4, 0.5) is 17.6 Å². The smallest absolute Gasteiger partial charge is 0.336 e. The van der Waals surface area contributed by atoms with Crippen LogP contribution in [-0.4, -0.2) is 67.3 Å². The fourth-order valence-electron chi connectivity index (χ4n) is 2.18. The first-order valence-electron chi connectivity index (χ1n) is 6.66. The van der Waals surface area contributed by atoms with Crippen LogP contribution < -0.4 is 5.73 Å². The summed E-state index contributed by atoms with van der Waals surface area (Å²) in [5.74, 6) is -6.11. The molecule has 20 heavy (non-hydrogen) atoms. The maximum atomic E-state index is 13.0. The molecule has 1 unspecified atom stereocenters. The van der Waals surface area contributed by atoms with Gasteiger partial charge >= 0.3 is 12.3 Å². The third kappa shape index (κ3) is 4.31. The number of rotatable bonds is 5. The predicted molar refractivity (Wildman–Crippen MR) is 66.8 cm³/mol. The molecule has 0 aromatic carbocycles. The molecule has 1 atom stereocenters. The molecule has 4 nitrogen and oxygen atoms in total. The molecule has 0 saturated carbocycles. The number of nitrogens with two attached hydrogens (primary N) is 1. The Morgan fingerprint density at radius 1 is 1.25 bits per heavy atom. The fourth-order valence-corrected chi connectivity index (χ4v) is 2.18. The monoisotopic (exact) mass is 299 g/mol. The summed E-state index contributed by atoms with van der Waals surface area (Å²) >= 11 is 0. The predicted octanol–water partition coefficient (Wildman–Crippen LogP) is 1.02. The first-order valence-corrected chi connectivity index (χ1v) is 6.66. The van der Waals surface area contributed by atoms with Crippen molar-refractivity contribution >= 4 is 5.91 Å². The van der Waals surface area contributed by atoms with Gasteiger partial charge in [0.1, 0.15) is 0 Å². The van der Waals surface area contributed by atoms with E-state index in [0.29, 0.717) is 32.6 Å². The third-order valence-electron chi connectivity index (χ3n) is 3.41. The average molecular weight is 299 g/mol. The maximum Gasteiger partial charge on any atom is 0.383 e. The van der Waals surface area contributed by atoms with Crippen molar-refractivity contribution in [1.29, 1.82) is 0 Å². The highest BCUT2D eigenvalue weighted by molar-refractivity contribution is 5.84. The van der Waals surface area contributed by atoms with Crippen molar-refractivity contribution in [2.75, 3.05) is 39.3 Å². The molecule has 1 rings (SSSR count). The van der Waals surface area contributed by atoms with E-state index in [2.05, 4.69) is 0 Å². The topological polar surface area (TPSA) is 49.6 Å². The molecular formula is C12H21F4N3O. The van der Waals surface area contributed by atoms with Gasteiger partial charge in [0.15, 0.2) is 0 Å². The van der Waals surface area contributed by atoms with Crippen molar-refractivity contribution < 1.29 is 22.4 Å². The van der Waals surface area contributed by atoms with Crippen LogP contribution in [0.1, 0.15) is 13.3 Å². The zero-order valence-electron chi connectivity index (χ0n) is 11.5. The van der Waals surface area contributed by atoms with Gasteiger partial charge < -0.3 is 15.5 Å². The third-order valence-corrected chi connectivity index (χ3v) is 3.41. The molecule has 1 aliphatic heterocycles. The Kier molecular flexibility index (Phi) is 6.19. The lowest BCUT2D eigenvalue weighted by Gasteiger charge is -2.26. The van der Waals surface area contributed by atoms with Gasteiger partial charge in [-0.2, -0.15) is 8.78 Å². The second-order valence-corrected chi connectivity index (χ2v) is 5.21. The molecule has 0 aliphatic carbocycles. The summed E-state index contributed by atoms with van der Waals surface area (Å²) in [5.41, 5.74) is 5.52. The Hall–Kier alpha value is -0.890. The standard InChI is InChI=1S/C12H21F4N3O/c1-9(7-17)8-18-3-2-4-19(6-5-18)11(20)12(15,16)10(13)14/h9-10H,2-8,17H2,1H3. The van der Waals surface area contributed by atoms with Gasteiger partial charge in [0.05, 0.1) is 0 Å². The summed E-state index contributed by atoms with van der Waals surface area (Å²) in [5, 5.41) is 0. The van der Waals surface area contributed by atoms with E-state index in [-0.39, 0.29) is 19.0 Å². The summed E-state index contributed by atoms with van der Waals surface area (Å²) < 4.78 is 50.5. The minimum atomic E-state index is -4.60. The van der Waals surface area contributed by atoms with E-state index in [4.69, 9.17) is 5.73 Å². The van der Waals surface area contributed by atoms with Crippen LogP contribution in [0.25, 0.3) is 0 Å². The Bertz CT molecular complexity index is 328. The van der Waals surface area contributed by atoms with Crippen molar-refractivity contribution in [2.24, 2.45) is 11.7 Å². The van der Waals surface area contributed by atoms with E-state index in [1.165, 1.54) is 0 Å². The minimum Gasteiger partial charge on any atom is -0.336 e. The van der Waals surface area contributed by atoms with Crippen molar-refractivity contribution in [3.05, 3.63) is 0 Å². The van der Waals surface area contributed by atoms with Crippen LogP contribution in [0.3, 0.4) is 0 Å². The van der Waals surface area contributed by atoms with Crippen molar-refractivity contribution in [3.8, 4) is 0 Å². The molecule has 1 fully saturated rings. The number of carbonyl (C=O) groups excluding carboxylic acids is 1. The molecule has 1 saturated heterocycles. The van der Waals surface area contributed by atoms with Gasteiger partial charge in [-0.25, -0.2) is 8.78 Å². The molecule has 0 aromatic rings. The summed E-state index contributed by atoms with van der Waals surface area (Å²) in [4.78, 5) is 14.3. The molecule has 8 heteroatoms. The lowest BCUT2D eigenvalue weighted by atomic mass is 10.1. The number of halogens is 4. The van der Waals surface area contributed by atoms with Crippen LogP contribution in [0, 0.1) is 5.92 Å². The number of hydrogen-bond acceptors (Lipinski definition) is 3. The molecule has 0 aromatic heterocycles. The van der Waals surface area contributed by atoms with Crippen LogP contribution in [0.2, 0.25) is 0 Å². The summed E-state index contributed by atoms with van der Waals surface area (Å²) in [6.45, 7) is 4.36. The second-order valence-electron chi connectivity index (χ2n) is 5.21. The Morgan fingerprint density at radius 3 is 2.45 bits per heavy atom. The van der Waals surface area contributed by atoms with Crippen LogP contribution in [0.5, 0.6) is 0 Å². The van der Waals surface area contributed by atoms with Crippen molar-refractivity contribution in [2.45, 2.75) is 25.7 Å². The SMILES string of the molecule is CC(CN)CN1CCCN(C(=O)C(F)(F)C(F)F)CC1. The van der Waals surface area contributed by atoms with Gasteiger partial charge in [0, 0.05) is 26.2 Å². The fraction of sp³-hybridized carbons (Fsp3) is 0.917. The molecular weight excluding hydrogens is 278 g/mol. The normalized spacial score (nSPS) is 20.1. The first kappa shape index (κ1) is 17.2. The summed E-state index contributed by atoms with van der Waals surface area (Å²) in [7, 11) is 0. The molecule has 0 radical (unpaired) electrons. The molecule has 1 heterocycles. The lowest BCUT2D eigenvalue weighted by Crippen LogP contribution is -2.49. The molecule has 0 bridgehead atoms. The average Bonchev–Trinajstić information content (AvgIpc) is 2.63. The van der Waals surface area contributed by atoms with E-state index in [0.717, 1.165) is 4.90 Å². The number of amides is 1. The molecule has 118 valence electrons. The van der Waals surface area contributed by atoms with E-state index >= 15 is 0 Å². The van der Waals surface area contributed by atoms with Gasteiger partial charge in [0.2, 0.25) is 0 Å². The minimum absolute atomic E-state index is 0.0401. The zero-order valence-corrected chi connectivity index (χ0v) is 11.5. The molecule has 2 N–H and O–H groups in total. The Morgan fingerprint density at radius 2 is 1.90 bits per heavy atom. The Labute approximate surface area is 115 Å². The molecule has 1 amide bonds. The molecule has 1 aliphatic rings. The quantitative estimate of drug-likeness (QED) is 0.771. The second kappa shape index (κ2) is 7.21. The van der Waals surface area contributed by atoms with E-state index < -0.39 is 18.3 Å². The first-order chi connectivity index (χ1) is 9.28. The van der Waals surface area contributed by atoms with Gasteiger partial charge in [-0.3, -0.25) is 4.79 Å². The number of alkyl halides is 4. The summed E-state index contributed by atoms with van der Waals surface area (Å²) in [6.07, 6.45) is -3.48. The van der Waals surface area contributed by atoms with Gasteiger partial charge in [-0.05, 0) is 25.4 Å². The molecule has 0 spiro atoms. The van der Waals surface area contributed by atoms with E-state index in [9.17, 15) is 22.4 Å². The highest BCUT2D eigenvalue weighted by atomic mass is 19.3. The van der Waals surface area contributed by atoms with E-state index in [1.807, 2.05) is 11.8 Å². The van der Waals surface area contributed by atoms with Gasteiger partial charge in [-0.1, -0.05) is 6.92 Å². The lowest BCUT2D eigenvalue weighted by molar-refractivity contribution is -0.180. The van der Waals surface area contributed by atoms with Crippen LogP contribution in [-0.2, 0) is 4.79 Å². The Balaban J connectivity index is 2.58.